The Hall–Kier alpha value is -5.20. The Morgan fingerprint density at radius 1 is 1.02 bits per heavy atom. The predicted octanol–water partition coefficient (Wildman–Crippen LogP) is 2.36. The van der Waals surface area contributed by atoms with Crippen LogP contribution in [0.2, 0.25) is 5.02 Å². The maximum atomic E-state index is 14.0. The molecule has 15 nitrogen and oxygen atoms in total. The van der Waals surface area contributed by atoms with Crippen LogP contribution >= 0.6 is 11.6 Å². The van der Waals surface area contributed by atoms with Gasteiger partial charge in [-0.1, -0.05) is 11.6 Å². The minimum atomic E-state index is -4.82. The molecular formula is C33H36ClF3N11O4+. The van der Waals surface area contributed by atoms with Crippen LogP contribution in [0.25, 0.3) is 17.1 Å². The lowest BCUT2D eigenvalue weighted by atomic mass is 10.2. The lowest BCUT2D eigenvalue weighted by Crippen LogP contribution is -2.50. The molecule has 2 unspecified atom stereocenters. The van der Waals surface area contributed by atoms with E-state index in [4.69, 9.17) is 17.3 Å². The zero-order valence-electron chi connectivity index (χ0n) is 28.2. The van der Waals surface area contributed by atoms with Crippen molar-refractivity contribution < 1.29 is 37.1 Å². The van der Waals surface area contributed by atoms with Gasteiger partial charge in [-0.3, -0.25) is 9.59 Å². The number of halogens is 4. The van der Waals surface area contributed by atoms with E-state index in [2.05, 4.69) is 31.0 Å². The Morgan fingerprint density at radius 2 is 1.75 bits per heavy atom. The van der Waals surface area contributed by atoms with E-state index in [1.165, 1.54) is 48.1 Å². The van der Waals surface area contributed by atoms with Gasteiger partial charge in [0, 0.05) is 49.9 Å². The van der Waals surface area contributed by atoms with Crippen LogP contribution in [0.3, 0.4) is 0 Å². The number of aliphatic hydroxyl groups is 1. The molecule has 1 aliphatic carbocycles. The number of alkyl halides is 3. The molecule has 5 heterocycles. The van der Waals surface area contributed by atoms with Gasteiger partial charge in [0.2, 0.25) is 0 Å². The number of carbonyl (C=O) groups is 3. The van der Waals surface area contributed by atoms with Gasteiger partial charge in [-0.2, -0.15) is 18.3 Å². The number of rotatable bonds is 7. The summed E-state index contributed by atoms with van der Waals surface area (Å²) in [6, 6.07) is 6.57. The van der Waals surface area contributed by atoms with Gasteiger partial charge in [-0.05, 0) is 30.3 Å². The molecule has 19 heteroatoms. The first-order valence-corrected chi connectivity index (χ1v) is 16.7. The number of fused-ring (bicyclic) bond motifs is 1. The molecule has 0 radical (unpaired) electrons. The topological polar surface area (TPSA) is 185 Å². The number of likely N-dealkylation sites (tertiary alicyclic amines) is 2. The van der Waals surface area contributed by atoms with E-state index >= 15 is 0 Å². The van der Waals surface area contributed by atoms with Crippen LogP contribution < -0.4 is 21.7 Å². The van der Waals surface area contributed by atoms with Crippen LogP contribution in [0.1, 0.15) is 26.7 Å². The number of nitrogens with zero attached hydrogens (tertiary/aromatic N) is 7. The number of imidazole rings is 1. The number of nitrogens with two attached hydrogens (primary N) is 1. The van der Waals surface area contributed by atoms with Gasteiger partial charge >= 0.3 is 12.2 Å². The van der Waals surface area contributed by atoms with Gasteiger partial charge in [0.1, 0.15) is 25.2 Å². The summed E-state index contributed by atoms with van der Waals surface area (Å²) in [5.41, 5.74) is 4.86. The Kier molecular flexibility index (Phi) is 8.66. The standard InChI is InChI=1S/C33H35ClF3N11O4/c1-45-24(21-13-47(44-28(21)33(35,36)37)26-7-4-16(38)9-39-26)10-40-29(45)31(51)41-17-5-6-18(22(34)8-17)30(50)43-27-19-11-46(12-20(19)27)32(52)42-23-14-48(2,3)15-25(23)49/h4-10,13,19-20,23,25,27,49H,11-12,14-15,38H2,1-3H3,(H2-,41,42,43,50,51,52)/p+1/t19?,20?,23-,25-,27?/m1/s1. The molecule has 0 bridgehead atoms. The summed E-state index contributed by atoms with van der Waals surface area (Å²) in [7, 11) is 5.41. The number of carbonyl (C=O) groups excluding carboxylic acids is 3. The SMILES string of the molecule is Cn1c(-c2cn(-c3ccc(N)cn3)nc2C(F)(F)F)cnc1C(=O)Nc1ccc(C(=O)NC2C3CN(C(=O)N[C@@H]4C[N+](C)(C)C[C@H]4O)CC32)c(Cl)c1. The number of pyridine rings is 1. The zero-order valence-corrected chi connectivity index (χ0v) is 29.0. The minimum Gasteiger partial charge on any atom is -0.397 e. The van der Waals surface area contributed by atoms with Crippen LogP contribution in [0.4, 0.5) is 29.3 Å². The van der Waals surface area contributed by atoms with Crippen molar-refractivity contribution in [2.45, 2.75) is 24.4 Å². The number of nitrogens with one attached hydrogen (secondary N) is 3. The number of likely N-dealkylation sites (N-methyl/N-ethyl adjacent to an activating group) is 1. The zero-order chi connectivity index (χ0) is 37.3. The molecule has 4 aromatic rings. The van der Waals surface area contributed by atoms with Crippen molar-refractivity contribution >= 4 is 40.8 Å². The van der Waals surface area contributed by atoms with E-state index < -0.39 is 29.8 Å². The van der Waals surface area contributed by atoms with Gasteiger partial charge in [0.25, 0.3) is 11.8 Å². The lowest BCUT2D eigenvalue weighted by molar-refractivity contribution is -0.879. The lowest BCUT2D eigenvalue weighted by Gasteiger charge is -2.25. The average molecular weight is 743 g/mol. The summed E-state index contributed by atoms with van der Waals surface area (Å²) in [5.74, 6) is -1.01. The fourth-order valence-electron chi connectivity index (χ4n) is 7.15. The molecule has 1 aromatic carbocycles. The number of hydrogen-bond donors (Lipinski definition) is 5. The van der Waals surface area contributed by atoms with E-state index in [0.717, 1.165) is 17.1 Å². The maximum Gasteiger partial charge on any atom is 0.435 e. The molecule has 7 rings (SSSR count). The molecule has 2 saturated heterocycles. The van der Waals surface area contributed by atoms with Crippen LogP contribution in [0, 0.1) is 11.8 Å². The van der Waals surface area contributed by atoms with Gasteiger partial charge in [-0.25, -0.2) is 19.4 Å². The fraction of sp³-hybridized carbons (Fsp3) is 0.394. The number of aliphatic hydroxyl groups excluding tert-OH is 1. The van der Waals surface area contributed by atoms with Crippen molar-refractivity contribution in [3.63, 3.8) is 0 Å². The highest BCUT2D eigenvalue weighted by Gasteiger charge is 2.58. The van der Waals surface area contributed by atoms with E-state index in [-0.39, 0.29) is 69.1 Å². The first-order chi connectivity index (χ1) is 24.5. The highest BCUT2D eigenvalue weighted by atomic mass is 35.5. The van der Waals surface area contributed by atoms with Crippen molar-refractivity contribution in [3.8, 4) is 17.1 Å². The van der Waals surface area contributed by atoms with Gasteiger partial charge in [0.05, 0.1) is 54.0 Å². The Balaban J connectivity index is 0.967. The molecule has 274 valence electrons. The second-order valence-electron chi connectivity index (χ2n) is 14.1. The van der Waals surface area contributed by atoms with Crippen LogP contribution in [0.5, 0.6) is 0 Å². The molecular weight excluding hydrogens is 707 g/mol. The molecule has 3 aromatic heterocycles. The summed E-state index contributed by atoms with van der Waals surface area (Å²) in [4.78, 5) is 48.9. The molecule has 1 saturated carbocycles. The normalized spacial score (nSPS) is 23.3. The van der Waals surface area contributed by atoms with Crippen LogP contribution in [-0.2, 0) is 13.2 Å². The maximum absolute atomic E-state index is 14.0. The van der Waals surface area contributed by atoms with Crippen molar-refractivity contribution in [1.82, 2.24) is 39.8 Å². The van der Waals surface area contributed by atoms with Crippen LogP contribution in [0.15, 0.2) is 48.9 Å². The number of hydrogen-bond acceptors (Lipinski definition) is 8. The number of piperidine rings is 1. The molecule has 2 aliphatic heterocycles. The first kappa shape index (κ1) is 35.2. The number of nitrogen functional groups attached to an aromatic ring is 1. The Morgan fingerprint density at radius 3 is 2.37 bits per heavy atom. The molecule has 52 heavy (non-hydrogen) atoms. The van der Waals surface area contributed by atoms with Crippen molar-refractivity contribution in [3.05, 3.63) is 71.0 Å². The number of urea groups is 1. The highest BCUT2D eigenvalue weighted by molar-refractivity contribution is 6.34. The van der Waals surface area contributed by atoms with Gasteiger partial charge < -0.3 is 40.7 Å². The van der Waals surface area contributed by atoms with Crippen molar-refractivity contribution in [2.75, 3.05) is 51.3 Å². The minimum absolute atomic E-state index is 0.0196. The molecule has 6 N–H and O–H groups in total. The van der Waals surface area contributed by atoms with Crippen molar-refractivity contribution in [1.29, 1.82) is 0 Å². The predicted molar refractivity (Wildman–Crippen MR) is 182 cm³/mol. The molecule has 4 amide bonds. The van der Waals surface area contributed by atoms with E-state index in [0.29, 0.717) is 36.3 Å². The second-order valence-corrected chi connectivity index (χ2v) is 14.5. The fourth-order valence-corrected chi connectivity index (χ4v) is 7.41. The quantitative estimate of drug-likeness (QED) is 0.179. The van der Waals surface area contributed by atoms with Gasteiger partial charge in [-0.15, -0.1) is 0 Å². The summed E-state index contributed by atoms with van der Waals surface area (Å²) < 4.78 is 44.9. The molecule has 3 aliphatic rings. The Labute approximate surface area is 300 Å². The second kappa shape index (κ2) is 12.8. The summed E-state index contributed by atoms with van der Waals surface area (Å²) in [5, 5.41) is 22.6. The third-order valence-corrected chi connectivity index (χ3v) is 10.2. The highest BCUT2D eigenvalue weighted by Crippen LogP contribution is 2.46. The van der Waals surface area contributed by atoms with Gasteiger partial charge in [0.15, 0.2) is 17.3 Å². The molecule has 3 fully saturated rings. The number of quaternary nitrogens is 1. The third-order valence-electron chi connectivity index (χ3n) is 9.85. The monoisotopic (exact) mass is 742 g/mol. The Bertz CT molecular complexity index is 2050. The molecule has 0 spiro atoms. The first-order valence-electron chi connectivity index (χ1n) is 16.4. The molecule has 4 atom stereocenters. The number of amides is 4. The summed E-state index contributed by atoms with van der Waals surface area (Å²) >= 11 is 6.45. The largest absolute Gasteiger partial charge is 0.435 e. The van der Waals surface area contributed by atoms with E-state index in [1.807, 2.05) is 14.1 Å². The van der Waals surface area contributed by atoms with E-state index in [1.54, 1.807) is 4.90 Å². The number of anilines is 2. The smallest absolute Gasteiger partial charge is 0.397 e. The number of aromatic nitrogens is 5. The van der Waals surface area contributed by atoms with Crippen LogP contribution in [-0.4, -0.2) is 115 Å². The van der Waals surface area contributed by atoms with Crippen molar-refractivity contribution in [2.24, 2.45) is 18.9 Å². The third kappa shape index (κ3) is 6.75. The summed E-state index contributed by atoms with van der Waals surface area (Å²) in [6.45, 7) is 2.18. The van der Waals surface area contributed by atoms with E-state index in [9.17, 15) is 32.7 Å². The average Bonchev–Trinajstić information content (AvgIpc) is 3.57. The number of benzene rings is 1. The summed E-state index contributed by atoms with van der Waals surface area (Å²) in [6.07, 6.45) is -1.85.